The molecule has 0 saturated heterocycles. The first-order valence-corrected chi connectivity index (χ1v) is 7.76. The second-order valence-corrected chi connectivity index (χ2v) is 7.16. The summed E-state index contributed by atoms with van der Waals surface area (Å²) in [4.78, 5) is 14.0. The van der Waals surface area contributed by atoms with Gasteiger partial charge in [-0.2, -0.15) is 0 Å². The van der Waals surface area contributed by atoms with Crippen molar-refractivity contribution in [1.82, 2.24) is 4.90 Å². The summed E-state index contributed by atoms with van der Waals surface area (Å²) < 4.78 is 1.07. The fourth-order valence-electron chi connectivity index (χ4n) is 1.85. The molecule has 100 valence electrons. The van der Waals surface area contributed by atoms with E-state index in [-0.39, 0.29) is 5.91 Å². The van der Waals surface area contributed by atoms with Gasteiger partial charge >= 0.3 is 0 Å². The maximum absolute atomic E-state index is 12.3. The summed E-state index contributed by atoms with van der Waals surface area (Å²) in [6.07, 6.45) is 0. The van der Waals surface area contributed by atoms with Crippen LogP contribution in [0.4, 0.5) is 0 Å². The molecule has 0 saturated carbocycles. The van der Waals surface area contributed by atoms with Crippen LogP contribution in [-0.4, -0.2) is 17.9 Å². The van der Waals surface area contributed by atoms with E-state index in [9.17, 15) is 4.79 Å². The van der Waals surface area contributed by atoms with E-state index in [0.29, 0.717) is 17.1 Å². The maximum atomic E-state index is 12.3. The molecule has 1 amide bonds. The highest BCUT2D eigenvalue weighted by Crippen LogP contribution is 2.22. The zero-order valence-electron chi connectivity index (χ0n) is 10.6. The standard InChI is InChI=1S/C14H13BrClNOS/c1-9-3-11(6-12(16)4-9)14(18)17(2)7-10-5-13(15)19-8-10/h3-6,8H,7H2,1-2H3. The first kappa shape index (κ1) is 14.6. The summed E-state index contributed by atoms with van der Waals surface area (Å²) in [5, 5.41) is 2.63. The number of halogens is 2. The van der Waals surface area contributed by atoms with Gasteiger partial charge in [-0.1, -0.05) is 11.6 Å². The number of rotatable bonds is 3. The molecule has 19 heavy (non-hydrogen) atoms. The summed E-state index contributed by atoms with van der Waals surface area (Å²) >= 11 is 11.0. The molecule has 5 heteroatoms. The topological polar surface area (TPSA) is 20.3 Å². The van der Waals surface area contributed by atoms with Gasteiger partial charge in [0.25, 0.3) is 5.91 Å². The van der Waals surface area contributed by atoms with Crippen molar-refractivity contribution in [2.45, 2.75) is 13.5 Å². The largest absolute Gasteiger partial charge is 0.337 e. The molecular weight excluding hydrogens is 346 g/mol. The van der Waals surface area contributed by atoms with Gasteiger partial charge < -0.3 is 4.90 Å². The van der Waals surface area contributed by atoms with Crippen LogP contribution in [0.1, 0.15) is 21.5 Å². The molecule has 2 nitrogen and oxygen atoms in total. The summed E-state index contributed by atoms with van der Waals surface area (Å²) in [6, 6.07) is 7.43. The molecule has 0 aliphatic carbocycles. The third kappa shape index (κ3) is 3.81. The number of hydrogen-bond acceptors (Lipinski definition) is 2. The van der Waals surface area contributed by atoms with Crippen LogP contribution in [0.5, 0.6) is 0 Å². The van der Waals surface area contributed by atoms with Gasteiger partial charge in [0.15, 0.2) is 0 Å². The van der Waals surface area contributed by atoms with E-state index in [1.807, 2.05) is 30.5 Å². The minimum Gasteiger partial charge on any atom is -0.337 e. The Morgan fingerprint density at radius 1 is 1.37 bits per heavy atom. The van der Waals surface area contributed by atoms with Gasteiger partial charge in [0.05, 0.1) is 3.79 Å². The van der Waals surface area contributed by atoms with E-state index >= 15 is 0 Å². The smallest absolute Gasteiger partial charge is 0.253 e. The van der Waals surface area contributed by atoms with Gasteiger partial charge in [-0.15, -0.1) is 11.3 Å². The van der Waals surface area contributed by atoms with Crippen LogP contribution in [-0.2, 0) is 6.54 Å². The number of carbonyl (C=O) groups is 1. The highest BCUT2D eigenvalue weighted by molar-refractivity contribution is 9.11. The first-order valence-electron chi connectivity index (χ1n) is 5.71. The highest BCUT2D eigenvalue weighted by Gasteiger charge is 2.13. The lowest BCUT2D eigenvalue weighted by atomic mass is 10.1. The van der Waals surface area contributed by atoms with Crippen LogP contribution < -0.4 is 0 Å². The van der Waals surface area contributed by atoms with Gasteiger partial charge in [0, 0.05) is 24.2 Å². The number of benzene rings is 1. The molecule has 0 atom stereocenters. The Morgan fingerprint density at radius 3 is 2.68 bits per heavy atom. The lowest BCUT2D eigenvalue weighted by molar-refractivity contribution is 0.0785. The second kappa shape index (κ2) is 6.07. The van der Waals surface area contributed by atoms with E-state index in [0.717, 1.165) is 14.9 Å². The van der Waals surface area contributed by atoms with Gasteiger partial charge in [-0.3, -0.25) is 4.79 Å². The second-order valence-electron chi connectivity index (χ2n) is 4.44. The molecular formula is C14H13BrClNOS. The predicted octanol–water partition coefficient (Wildman–Crippen LogP) is 4.74. The van der Waals surface area contributed by atoms with E-state index in [1.54, 1.807) is 29.4 Å². The van der Waals surface area contributed by atoms with Crippen molar-refractivity contribution in [3.05, 3.63) is 55.1 Å². The molecule has 1 heterocycles. The van der Waals surface area contributed by atoms with E-state index in [4.69, 9.17) is 11.6 Å². The van der Waals surface area contributed by atoms with Crippen LogP contribution in [0, 0.1) is 6.92 Å². The minimum absolute atomic E-state index is 0.0204. The van der Waals surface area contributed by atoms with Crippen LogP contribution in [0.15, 0.2) is 33.4 Å². The normalized spacial score (nSPS) is 10.5. The number of amides is 1. The molecule has 0 N–H and O–H groups in total. The summed E-state index contributed by atoms with van der Waals surface area (Å²) in [7, 11) is 1.80. The lowest BCUT2D eigenvalue weighted by Crippen LogP contribution is -2.26. The monoisotopic (exact) mass is 357 g/mol. The summed E-state index contributed by atoms with van der Waals surface area (Å²) in [5.74, 6) is -0.0204. The fraction of sp³-hybridized carbons (Fsp3) is 0.214. The van der Waals surface area contributed by atoms with E-state index in [2.05, 4.69) is 15.9 Å². The first-order chi connectivity index (χ1) is 8.95. The number of nitrogens with zero attached hydrogens (tertiary/aromatic N) is 1. The number of carbonyl (C=O) groups excluding carboxylic acids is 1. The van der Waals surface area contributed by atoms with Crippen LogP contribution in [0.2, 0.25) is 5.02 Å². The summed E-state index contributed by atoms with van der Waals surface area (Å²) in [5.41, 5.74) is 2.73. The third-order valence-electron chi connectivity index (χ3n) is 2.68. The predicted molar refractivity (Wildman–Crippen MR) is 84.0 cm³/mol. The molecule has 2 aromatic rings. The Hall–Kier alpha value is -0.840. The van der Waals surface area contributed by atoms with Crippen LogP contribution in [0.3, 0.4) is 0 Å². The molecule has 1 aromatic heterocycles. The van der Waals surface area contributed by atoms with Gasteiger partial charge in [0.2, 0.25) is 0 Å². The highest BCUT2D eigenvalue weighted by atomic mass is 79.9. The van der Waals surface area contributed by atoms with E-state index in [1.165, 1.54) is 0 Å². The van der Waals surface area contributed by atoms with Crippen molar-refractivity contribution >= 4 is 44.8 Å². The Morgan fingerprint density at radius 2 is 2.11 bits per heavy atom. The average molecular weight is 359 g/mol. The SMILES string of the molecule is Cc1cc(Cl)cc(C(=O)N(C)Cc2csc(Br)c2)c1. The zero-order valence-corrected chi connectivity index (χ0v) is 13.8. The van der Waals surface area contributed by atoms with Crippen LogP contribution in [0.25, 0.3) is 0 Å². The van der Waals surface area contributed by atoms with Crippen molar-refractivity contribution < 1.29 is 4.79 Å². The van der Waals surface area contributed by atoms with Gasteiger partial charge in [-0.05, 0) is 63.6 Å². The average Bonchev–Trinajstić information content (AvgIpc) is 2.72. The van der Waals surface area contributed by atoms with Crippen LogP contribution >= 0.6 is 38.9 Å². The molecule has 0 radical (unpaired) electrons. The quantitative estimate of drug-likeness (QED) is 0.775. The lowest BCUT2D eigenvalue weighted by Gasteiger charge is -2.17. The van der Waals surface area contributed by atoms with Crippen molar-refractivity contribution in [2.24, 2.45) is 0 Å². The zero-order chi connectivity index (χ0) is 14.0. The summed E-state index contributed by atoms with van der Waals surface area (Å²) in [6.45, 7) is 2.52. The third-order valence-corrected chi connectivity index (χ3v) is 4.45. The van der Waals surface area contributed by atoms with Crippen molar-refractivity contribution in [3.63, 3.8) is 0 Å². The minimum atomic E-state index is -0.0204. The van der Waals surface area contributed by atoms with Crippen molar-refractivity contribution in [1.29, 1.82) is 0 Å². The Balaban J connectivity index is 2.14. The number of thiophene rings is 1. The Kier molecular flexibility index (Phi) is 4.66. The van der Waals surface area contributed by atoms with Crippen molar-refractivity contribution in [2.75, 3.05) is 7.05 Å². The molecule has 1 aromatic carbocycles. The number of hydrogen-bond donors (Lipinski definition) is 0. The Labute approximate surface area is 130 Å². The van der Waals surface area contributed by atoms with E-state index < -0.39 is 0 Å². The molecule has 0 fully saturated rings. The van der Waals surface area contributed by atoms with Gasteiger partial charge in [-0.25, -0.2) is 0 Å². The molecule has 0 bridgehead atoms. The number of aryl methyl sites for hydroxylation is 1. The molecule has 0 unspecified atom stereocenters. The molecule has 0 aliphatic heterocycles. The fourth-order valence-corrected chi connectivity index (χ4v) is 3.34. The van der Waals surface area contributed by atoms with Gasteiger partial charge in [0.1, 0.15) is 0 Å². The maximum Gasteiger partial charge on any atom is 0.253 e. The Bertz CT molecular complexity index is 591. The molecule has 0 spiro atoms. The molecule has 0 aliphatic rings. The van der Waals surface area contributed by atoms with Crippen molar-refractivity contribution in [3.8, 4) is 0 Å². The molecule has 2 rings (SSSR count).